The van der Waals surface area contributed by atoms with E-state index in [9.17, 15) is 0 Å². The predicted molar refractivity (Wildman–Crippen MR) is 93.8 cm³/mol. The Kier molecular flexibility index (Phi) is 5.85. The highest BCUT2D eigenvalue weighted by atomic mass is 35.6. The van der Waals surface area contributed by atoms with E-state index in [1.807, 2.05) is 0 Å². The molecule has 22 heavy (non-hydrogen) atoms. The van der Waals surface area contributed by atoms with Crippen molar-refractivity contribution in [1.29, 1.82) is 0 Å². The lowest BCUT2D eigenvalue weighted by molar-refractivity contribution is 0.851. The molecule has 0 spiro atoms. The minimum atomic E-state index is -1.93. The Bertz CT molecular complexity index is 675. The first-order valence-electron chi connectivity index (χ1n) is 5.34. The van der Waals surface area contributed by atoms with Crippen LogP contribution in [0.1, 0.15) is 11.6 Å². The molecule has 0 aliphatic rings. The highest BCUT2D eigenvalue weighted by Gasteiger charge is 2.34. The van der Waals surface area contributed by atoms with Crippen molar-refractivity contribution in [3.8, 4) is 11.4 Å². The maximum Gasteiger partial charge on any atom is 0.250 e. The van der Waals surface area contributed by atoms with E-state index in [-0.39, 0.29) is 22.5 Å². The second-order valence-corrected chi connectivity index (χ2v) is 9.33. The molecule has 1 aromatic heterocycles. The van der Waals surface area contributed by atoms with Gasteiger partial charge < -0.3 is 0 Å². The summed E-state index contributed by atoms with van der Waals surface area (Å²) in [4.78, 5) is 12.0. The van der Waals surface area contributed by atoms with Gasteiger partial charge in [-0.25, -0.2) is 15.0 Å². The van der Waals surface area contributed by atoms with Crippen molar-refractivity contribution in [3.63, 3.8) is 0 Å². The summed E-state index contributed by atoms with van der Waals surface area (Å²) in [5.74, 6) is -0.316. The van der Waals surface area contributed by atoms with Crippen LogP contribution in [-0.4, -0.2) is 15.0 Å². The highest BCUT2D eigenvalue weighted by Crippen LogP contribution is 2.41. The van der Waals surface area contributed by atoms with Crippen molar-refractivity contribution >= 4 is 92.8 Å². The monoisotopic (exact) mass is 457 g/mol. The molecule has 0 radical (unpaired) electrons. The quantitative estimate of drug-likeness (QED) is 0.456. The lowest BCUT2D eigenvalue weighted by atomic mass is 10.2. The van der Waals surface area contributed by atoms with Crippen LogP contribution in [0.15, 0.2) is 18.2 Å². The van der Waals surface area contributed by atoms with E-state index in [4.69, 9.17) is 92.8 Å². The molecule has 2 aromatic rings. The van der Waals surface area contributed by atoms with E-state index in [0.717, 1.165) is 0 Å². The van der Waals surface area contributed by atoms with Gasteiger partial charge in [0.15, 0.2) is 17.5 Å². The van der Waals surface area contributed by atoms with Gasteiger partial charge in [0, 0.05) is 10.6 Å². The zero-order chi connectivity index (χ0) is 16.7. The summed E-state index contributed by atoms with van der Waals surface area (Å²) >= 11 is 46.8. The molecule has 1 heterocycles. The van der Waals surface area contributed by atoms with Crippen LogP contribution >= 0.6 is 92.8 Å². The first kappa shape index (κ1) is 18.9. The topological polar surface area (TPSA) is 38.7 Å². The standard InChI is InChI=1S/C11H3Cl8N3/c12-4-1-2-5(6(13)3-4)7-20-8(10(14,15)16)22-9(21-7)11(17,18)19/h1-3H. The number of rotatable bonds is 1. The zero-order valence-corrected chi connectivity index (χ0v) is 16.1. The molecule has 0 atom stereocenters. The van der Waals surface area contributed by atoms with Gasteiger partial charge in [-0.3, -0.25) is 0 Å². The average molecular weight is 461 g/mol. The number of halogens is 8. The number of nitrogens with zero attached hydrogens (tertiary/aromatic N) is 3. The SMILES string of the molecule is Clc1ccc(-c2nc(C(Cl)(Cl)Cl)nc(C(Cl)(Cl)Cl)n2)c(Cl)c1. The molecule has 1 aromatic carbocycles. The summed E-state index contributed by atoms with van der Waals surface area (Å²) in [6.45, 7) is 0. The number of benzene rings is 1. The van der Waals surface area contributed by atoms with Crippen LogP contribution in [0.2, 0.25) is 10.0 Å². The van der Waals surface area contributed by atoms with E-state index in [1.165, 1.54) is 6.07 Å². The summed E-state index contributed by atoms with van der Waals surface area (Å²) < 4.78 is -3.86. The fourth-order valence-corrected chi connectivity index (χ4v) is 2.42. The molecule has 0 saturated heterocycles. The van der Waals surface area contributed by atoms with E-state index in [0.29, 0.717) is 10.6 Å². The van der Waals surface area contributed by atoms with Gasteiger partial charge in [0.1, 0.15) is 0 Å². The summed E-state index contributed by atoms with van der Waals surface area (Å²) in [5.41, 5.74) is 0.416. The van der Waals surface area contributed by atoms with Crippen LogP contribution in [0.5, 0.6) is 0 Å². The molecule has 0 N–H and O–H groups in total. The molecule has 0 aliphatic heterocycles. The molecule has 118 valence electrons. The van der Waals surface area contributed by atoms with Crippen LogP contribution in [-0.2, 0) is 7.59 Å². The Morgan fingerprint density at radius 2 is 1.23 bits per heavy atom. The Hall–Kier alpha value is 0.550. The Balaban J connectivity index is 2.70. The summed E-state index contributed by atoms with van der Waals surface area (Å²) in [5, 5.41) is 0.718. The number of hydrogen-bond acceptors (Lipinski definition) is 3. The van der Waals surface area contributed by atoms with Crippen LogP contribution < -0.4 is 0 Å². The van der Waals surface area contributed by atoms with Crippen molar-refractivity contribution in [3.05, 3.63) is 39.9 Å². The maximum atomic E-state index is 6.11. The largest absolute Gasteiger partial charge is 0.250 e. The average Bonchev–Trinajstić information content (AvgIpc) is 2.36. The number of aromatic nitrogens is 3. The Labute approximate surface area is 165 Å². The molecule has 0 saturated carbocycles. The Morgan fingerprint density at radius 3 is 1.64 bits per heavy atom. The molecule has 0 unspecified atom stereocenters. The minimum Gasteiger partial charge on any atom is -0.209 e. The van der Waals surface area contributed by atoms with Crippen molar-refractivity contribution in [2.45, 2.75) is 7.59 Å². The minimum absolute atomic E-state index is 0.0827. The van der Waals surface area contributed by atoms with Crippen molar-refractivity contribution in [2.24, 2.45) is 0 Å². The first-order chi connectivity index (χ1) is 9.98. The summed E-state index contributed by atoms with van der Waals surface area (Å²) in [6, 6.07) is 4.69. The lowest BCUT2D eigenvalue weighted by Gasteiger charge is -2.16. The van der Waals surface area contributed by atoms with Gasteiger partial charge in [0.25, 0.3) is 0 Å². The zero-order valence-electron chi connectivity index (χ0n) is 10.1. The van der Waals surface area contributed by atoms with Crippen molar-refractivity contribution in [1.82, 2.24) is 15.0 Å². The van der Waals surface area contributed by atoms with Gasteiger partial charge in [-0.15, -0.1) is 0 Å². The van der Waals surface area contributed by atoms with Crippen LogP contribution in [0, 0.1) is 0 Å². The Morgan fingerprint density at radius 1 is 0.727 bits per heavy atom. The number of hydrogen-bond donors (Lipinski definition) is 0. The number of alkyl halides is 6. The van der Waals surface area contributed by atoms with E-state index in [1.54, 1.807) is 12.1 Å². The normalized spacial score (nSPS) is 12.5. The molecule has 3 nitrogen and oxygen atoms in total. The molecule has 0 amide bonds. The highest BCUT2D eigenvalue weighted by molar-refractivity contribution is 6.67. The van der Waals surface area contributed by atoms with E-state index < -0.39 is 7.59 Å². The molecular weight excluding hydrogens is 458 g/mol. The molecule has 0 bridgehead atoms. The predicted octanol–water partition coefficient (Wildman–Crippen LogP) is 6.50. The molecule has 11 heteroatoms. The van der Waals surface area contributed by atoms with Gasteiger partial charge in [-0.05, 0) is 18.2 Å². The second-order valence-electron chi connectivity index (χ2n) is 3.93. The van der Waals surface area contributed by atoms with Crippen LogP contribution in [0.4, 0.5) is 0 Å². The summed E-state index contributed by atoms with van der Waals surface area (Å²) in [6.07, 6.45) is 0. The van der Waals surface area contributed by atoms with Gasteiger partial charge in [0.05, 0.1) is 5.02 Å². The molecule has 0 fully saturated rings. The second kappa shape index (κ2) is 6.81. The van der Waals surface area contributed by atoms with Crippen LogP contribution in [0.25, 0.3) is 11.4 Å². The van der Waals surface area contributed by atoms with Gasteiger partial charge in [-0.1, -0.05) is 92.8 Å². The smallest absolute Gasteiger partial charge is 0.209 e. The maximum absolute atomic E-state index is 6.11. The van der Waals surface area contributed by atoms with E-state index in [2.05, 4.69) is 15.0 Å². The molecule has 2 rings (SSSR count). The molecule has 0 aliphatic carbocycles. The third-order valence-corrected chi connectivity index (χ3v) is 3.88. The van der Waals surface area contributed by atoms with Crippen molar-refractivity contribution < 1.29 is 0 Å². The first-order valence-corrected chi connectivity index (χ1v) is 8.37. The lowest BCUT2D eigenvalue weighted by Crippen LogP contribution is -2.16. The van der Waals surface area contributed by atoms with Crippen LogP contribution in [0.3, 0.4) is 0 Å². The summed E-state index contributed by atoms with van der Waals surface area (Å²) in [7, 11) is 0. The van der Waals surface area contributed by atoms with E-state index >= 15 is 0 Å². The fourth-order valence-electron chi connectivity index (χ4n) is 1.42. The van der Waals surface area contributed by atoms with Gasteiger partial charge in [-0.2, -0.15) is 0 Å². The fraction of sp³-hybridized carbons (Fsp3) is 0.182. The third kappa shape index (κ3) is 4.55. The molecular formula is C11H3Cl8N3. The van der Waals surface area contributed by atoms with Gasteiger partial charge >= 0.3 is 0 Å². The third-order valence-electron chi connectivity index (χ3n) is 2.31. The van der Waals surface area contributed by atoms with Gasteiger partial charge in [0.2, 0.25) is 7.59 Å². The van der Waals surface area contributed by atoms with Crippen molar-refractivity contribution in [2.75, 3.05) is 0 Å².